The van der Waals surface area contributed by atoms with Gasteiger partial charge in [-0.1, -0.05) is 48.5 Å². The molecule has 0 aliphatic carbocycles. The lowest BCUT2D eigenvalue weighted by Crippen LogP contribution is -2.28. The molecule has 34 heavy (non-hydrogen) atoms. The molecule has 0 bridgehead atoms. The van der Waals surface area contributed by atoms with Gasteiger partial charge < -0.3 is 5.32 Å². The van der Waals surface area contributed by atoms with Crippen molar-refractivity contribution >= 4 is 16.9 Å². The molecular weight excluding hydrogens is 424 g/mol. The summed E-state index contributed by atoms with van der Waals surface area (Å²) < 4.78 is 3.59. The van der Waals surface area contributed by atoms with Gasteiger partial charge in [0.05, 0.1) is 17.1 Å². The maximum Gasteiger partial charge on any atom is 0.242 e. The van der Waals surface area contributed by atoms with Crippen molar-refractivity contribution in [1.29, 1.82) is 0 Å². The Kier molecular flexibility index (Phi) is 5.67. The van der Waals surface area contributed by atoms with Crippen LogP contribution in [0.1, 0.15) is 22.6 Å². The summed E-state index contributed by atoms with van der Waals surface area (Å²) in [5.74, 6) is -0.123. The molecule has 7 nitrogen and oxygen atoms in total. The van der Waals surface area contributed by atoms with Gasteiger partial charge >= 0.3 is 0 Å². The van der Waals surface area contributed by atoms with E-state index in [4.69, 9.17) is 0 Å². The number of rotatable bonds is 6. The molecule has 2 aromatic carbocycles. The van der Waals surface area contributed by atoms with E-state index < -0.39 is 0 Å². The molecule has 1 amide bonds. The summed E-state index contributed by atoms with van der Waals surface area (Å²) in [6.45, 7) is 6.45. The molecule has 0 atom stereocenters. The third-order valence-corrected chi connectivity index (χ3v) is 6.09. The summed E-state index contributed by atoms with van der Waals surface area (Å²) in [5.41, 5.74) is 7.65. The quantitative estimate of drug-likeness (QED) is 0.412. The molecule has 3 aromatic heterocycles. The second-order valence-electron chi connectivity index (χ2n) is 8.34. The molecule has 0 fully saturated rings. The number of hydrogen-bond acceptors (Lipinski definition) is 4. The van der Waals surface area contributed by atoms with Gasteiger partial charge in [0.1, 0.15) is 6.54 Å². The summed E-state index contributed by atoms with van der Waals surface area (Å²) in [6, 6.07) is 22.1. The molecule has 0 spiro atoms. The molecular formula is C27H26N6O. The Morgan fingerprint density at radius 3 is 2.32 bits per heavy atom. The number of carbonyl (C=O) groups is 1. The fourth-order valence-electron chi connectivity index (χ4n) is 4.38. The van der Waals surface area contributed by atoms with Gasteiger partial charge in [-0.05, 0) is 50.1 Å². The third kappa shape index (κ3) is 3.96. The number of nitrogens with zero attached hydrogens (tertiary/aromatic N) is 5. The Balaban J connectivity index is 1.35. The number of hydrogen-bond donors (Lipinski definition) is 1. The van der Waals surface area contributed by atoms with Gasteiger partial charge in [0.15, 0.2) is 5.65 Å². The SMILES string of the molecule is Cc1nn(-c2ccccc2)c(C)c1CNC(=O)Cn1nc(C)c2c(-c3ccccc3)ccnc21. The number of aryl methyl sites for hydroxylation is 2. The summed E-state index contributed by atoms with van der Waals surface area (Å²) in [4.78, 5) is 17.4. The van der Waals surface area contributed by atoms with Crippen LogP contribution in [-0.2, 0) is 17.9 Å². The lowest BCUT2D eigenvalue weighted by atomic mass is 10.0. The van der Waals surface area contributed by atoms with Crippen molar-refractivity contribution in [3.8, 4) is 16.8 Å². The second kappa shape index (κ2) is 8.94. The van der Waals surface area contributed by atoms with Crippen LogP contribution in [0, 0.1) is 20.8 Å². The van der Waals surface area contributed by atoms with Crippen LogP contribution >= 0.6 is 0 Å². The van der Waals surface area contributed by atoms with Crippen LogP contribution in [0.15, 0.2) is 72.9 Å². The molecule has 0 saturated carbocycles. The van der Waals surface area contributed by atoms with Crippen LogP contribution in [0.25, 0.3) is 27.8 Å². The van der Waals surface area contributed by atoms with Crippen molar-refractivity contribution in [3.63, 3.8) is 0 Å². The van der Waals surface area contributed by atoms with Crippen molar-refractivity contribution in [2.45, 2.75) is 33.9 Å². The number of fused-ring (bicyclic) bond motifs is 1. The summed E-state index contributed by atoms with van der Waals surface area (Å²) in [7, 11) is 0. The van der Waals surface area contributed by atoms with E-state index in [1.54, 1.807) is 10.9 Å². The van der Waals surface area contributed by atoms with Crippen molar-refractivity contribution in [3.05, 3.63) is 95.6 Å². The van der Waals surface area contributed by atoms with Crippen molar-refractivity contribution in [1.82, 2.24) is 29.9 Å². The summed E-state index contributed by atoms with van der Waals surface area (Å²) in [5, 5.41) is 13.3. The first kappa shape index (κ1) is 21.6. The lowest BCUT2D eigenvalue weighted by Gasteiger charge is -2.08. The molecule has 5 rings (SSSR count). The number of para-hydroxylation sites is 1. The van der Waals surface area contributed by atoms with Gasteiger partial charge in [-0.3, -0.25) is 4.79 Å². The number of benzene rings is 2. The van der Waals surface area contributed by atoms with Crippen molar-refractivity contribution in [2.75, 3.05) is 0 Å². The van der Waals surface area contributed by atoms with Crippen LogP contribution in [0.2, 0.25) is 0 Å². The minimum absolute atomic E-state index is 0.0977. The molecule has 170 valence electrons. The number of amides is 1. The fraction of sp³-hybridized carbons (Fsp3) is 0.185. The lowest BCUT2D eigenvalue weighted by molar-refractivity contribution is -0.121. The van der Waals surface area contributed by atoms with E-state index in [1.165, 1.54) is 0 Å². The average molecular weight is 451 g/mol. The Bertz CT molecular complexity index is 1470. The molecule has 5 aromatic rings. The number of pyridine rings is 1. The maximum absolute atomic E-state index is 12.9. The number of nitrogens with one attached hydrogen (secondary N) is 1. The first-order valence-electron chi connectivity index (χ1n) is 11.3. The summed E-state index contributed by atoms with van der Waals surface area (Å²) >= 11 is 0. The highest BCUT2D eigenvalue weighted by Crippen LogP contribution is 2.29. The highest BCUT2D eigenvalue weighted by molar-refractivity contribution is 5.95. The zero-order valence-corrected chi connectivity index (χ0v) is 19.5. The zero-order chi connectivity index (χ0) is 23.7. The standard InChI is InChI=1S/C27H26N6O/c1-18-24(20(3)33(31-18)22-12-8-5-9-13-22)16-29-25(34)17-32-27-26(19(2)30-32)23(14-15-28-27)21-10-6-4-7-11-21/h4-15H,16-17H2,1-3H3,(H,29,34). The molecule has 7 heteroatoms. The summed E-state index contributed by atoms with van der Waals surface area (Å²) in [6.07, 6.45) is 1.77. The highest BCUT2D eigenvalue weighted by atomic mass is 16.2. The Hall–Kier alpha value is -4.26. The normalized spacial score (nSPS) is 11.1. The largest absolute Gasteiger partial charge is 0.350 e. The van der Waals surface area contributed by atoms with E-state index in [9.17, 15) is 4.79 Å². The monoisotopic (exact) mass is 450 g/mol. The van der Waals surface area contributed by atoms with Gasteiger partial charge in [0.2, 0.25) is 5.91 Å². The van der Waals surface area contributed by atoms with Crippen molar-refractivity contribution in [2.24, 2.45) is 0 Å². The van der Waals surface area contributed by atoms with Gasteiger partial charge in [0.25, 0.3) is 0 Å². The van der Waals surface area contributed by atoms with Crippen LogP contribution in [0.3, 0.4) is 0 Å². The minimum Gasteiger partial charge on any atom is -0.350 e. The van der Waals surface area contributed by atoms with Gasteiger partial charge in [-0.15, -0.1) is 0 Å². The third-order valence-electron chi connectivity index (χ3n) is 6.09. The first-order valence-corrected chi connectivity index (χ1v) is 11.3. The van der Waals surface area contributed by atoms with Crippen LogP contribution < -0.4 is 5.32 Å². The molecule has 0 aliphatic rings. The molecule has 0 aliphatic heterocycles. The van der Waals surface area contributed by atoms with Gasteiger partial charge in [-0.25, -0.2) is 14.3 Å². The Morgan fingerprint density at radius 1 is 0.882 bits per heavy atom. The van der Waals surface area contributed by atoms with Crippen molar-refractivity contribution < 1.29 is 4.79 Å². The number of aromatic nitrogens is 5. The zero-order valence-electron chi connectivity index (χ0n) is 19.5. The fourth-order valence-corrected chi connectivity index (χ4v) is 4.38. The van der Waals surface area contributed by atoms with E-state index in [0.717, 1.165) is 44.8 Å². The van der Waals surface area contributed by atoms with E-state index in [0.29, 0.717) is 12.2 Å². The van der Waals surface area contributed by atoms with E-state index in [2.05, 4.69) is 32.6 Å². The molecule has 0 radical (unpaired) electrons. The Labute approximate surface area is 198 Å². The smallest absolute Gasteiger partial charge is 0.242 e. The van der Waals surface area contributed by atoms with Crippen LogP contribution in [0.4, 0.5) is 0 Å². The minimum atomic E-state index is -0.123. The predicted molar refractivity (Wildman–Crippen MR) is 133 cm³/mol. The Morgan fingerprint density at radius 2 is 1.59 bits per heavy atom. The van der Waals surface area contributed by atoms with E-state index in [-0.39, 0.29) is 12.5 Å². The van der Waals surface area contributed by atoms with Gasteiger partial charge in [-0.2, -0.15) is 10.2 Å². The molecule has 1 N–H and O–H groups in total. The average Bonchev–Trinajstić information content (AvgIpc) is 3.33. The highest BCUT2D eigenvalue weighted by Gasteiger charge is 2.17. The predicted octanol–water partition coefficient (Wildman–Crippen LogP) is 4.53. The van der Waals surface area contributed by atoms with Gasteiger partial charge in [0, 0.05) is 29.4 Å². The topological polar surface area (TPSA) is 77.6 Å². The van der Waals surface area contributed by atoms with Crippen LogP contribution in [-0.4, -0.2) is 30.5 Å². The van der Waals surface area contributed by atoms with E-state index in [1.807, 2.05) is 80.1 Å². The van der Waals surface area contributed by atoms with Crippen LogP contribution in [0.5, 0.6) is 0 Å². The second-order valence-corrected chi connectivity index (χ2v) is 8.34. The number of carbonyl (C=O) groups excluding carboxylic acids is 1. The molecule has 3 heterocycles. The first-order chi connectivity index (χ1) is 16.5. The molecule has 0 saturated heterocycles. The van der Waals surface area contributed by atoms with E-state index >= 15 is 0 Å². The maximum atomic E-state index is 12.9. The molecule has 0 unspecified atom stereocenters.